The van der Waals surface area contributed by atoms with Crippen molar-refractivity contribution in [1.29, 1.82) is 0 Å². The number of anilines is 1. The molecule has 0 aliphatic rings. The van der Waals surface area contributed by atoms with Gasteiger partial charge in [0.2, 0.25) is 5.13 Å². The molecule has 0 saturated carbocycles. The van der Waals surface area contributed by atoms with E-state index >= 15 is 0 Å². The average molecular weight is 445 g/mol. The van der Waals surface area contributed by atoms with E-state index in [2.05, 4.69) is 98.9 Å². The van der Waals surface area contributed by atoms with E-state index in [1.165, 1.54) is 0 Å². The third-order valence-corrected chi connectivity index (χ3v) is 6.56. The molecule has 5 heteroatoms. The molecule has 0 fully saturated rings. The van der Waals surface area contributed by atoms with Gasteiger partial charge in [0.1, 0.15) is 0 Å². The molecule has 0 aliphatic heterocycles. The van der Waals surface area contributed by atoms with Gasteiger partial charge in [0.15, 0.2) is 0 Å². The van der Waals surface area contributed by atoms with Crippen LogP contribution < -0.4 is 5.43 Å². The first kappa shape index (κ1) is 19.5. The van der Waals surface area contributed by atoms with Gasteiger partial charge in [-0.1, -0.05) is 90.2 Å². The molecule has 0 atom stereocenters. The highest BCUT2D eigenvalue weighted by Crippen LogP contribution is 2.35. The summed E-state index contributed by atoms with van der Waals surface area (Å²) in [6.07, 6.45) is 1.91. The van der Waals surface area contributed by atoms with Crippen molar-refractivity contribution in [2.45, 2.75) is 0 Å². The number of nitrogens with zero attached hydrogens (tertiary/aromatic N) is 3. The van der Waals surface area contributed by atoms with E-state index in [4.69, 9.17) is 0 Å². The molecule has 0 bridgehead atoms. The molecule has 1 N–H and O–H groups in total. The van der Waals surface area contributed by atoms with Crippen molar-refractivity contribution in [2.75, 3.05) is 5.43 Å². The second-order valence-electron chi connectivity index (χ2n) is 7.67. The van der Waals surface area contributed by atoms with Crippen LogP contribution in [0, 0.1) is 0 Å². The summed E-state index contributed by atoms with van der Waals surface area (Å²) in [4.78, 5) is 4.63. The zero-order chi connectivity index (χ0) is 22.0. The molecule has 33 heavy (non-hydrogen) atoms. The highest BCUT2D eigenvalue weighted by atomic mass is 32.1. The van der Waals surface area contributed by atoms with Gasteiger partial charge < -0.3 is 4.57 Å². The van der Waals surface area contributed by atoms with Gasteiger partial charge >= 0.3 is 0 Å². The summed E-state index contributed by atoms with van der Waals surface area (Å²) >= 11 is 1.60. The fourth-order valence-electron chi connectivity index (χ4n) is 4.19. The first-order valence-corrected chi connectivity index (χ1v) is 11.6. The number of rotatable bonds is 5. The number of hydrogen-bond acceptors (Lipinski definition) is 4. The molecule has 0 saturated heterocycles. The molecule has 0 radical (unpaired) electrons. The summed E-state index contributed by atoms with van der Waals surface area (Å²) < 4.78 is 3.45. The zero-order valence-electron chi connectivity index (χ0n) is 17.7. The van der Waals surface area contributed by atoms with Crippen molar-refractivity contribution < 1.29 is 0 Å². The monoisotopic (exact) mass is 444 g/mol. The van der Waals surface area contributed by atoms with Crippen LogP contribution in [0.5, 0.6) is 0 Å². The number of fused-ring (bicyclic) bond motifs is 2. The Hall–Kier alpha value is -4.22. The maximum atomic E-state index is 4.63. The number of hydrazone groups is 1. The van der Waals surface area contributed by atoms with Gasteiger partial charge in [0.05, 0.1) is 27.6 Å². The Kier molecular flexibility index (Phi) is 4.94. The smallest absolute Gasteiger partial charge is 0.204 e. The van der Waals surface area contributed by atoms with E-state index in [0.717, 1.165) is 48.8 Å². The first-order valence-electron chi connectivity index (χ1n) is 10.8. The lowest BCUT2D eigenvalue weighted by Gasteiger charge is -2.12. The molecule has 4 nitrogen and oxygen atoms in total. The van der Waals surface area contributed by atoms with Crippen molar-refractivity contribution in [2.24, 2.45) is 5.10 Å². The second kappa shape index (κ2) is 8.37. The van der Waals surface area contributed by atoms with Crippen molar-refractivity contribution in [3.05, 3.63) is 115 Å². The number of hydrogen-bond donors (Lipinski definition) is 1. The van der Waals surface area contributed by atoms with Gasteiger partial charge in [-0.05, 0) is 35.9 Å². The van der Waals surface area contributed by atoms with Crippen molar-refractivity contribution in [3.63, 3.8) is 0 Å². The minimum absolute atomic E-state index is 0.778. The molecular formula is C28H20N4S. The lowest BCUT2D eigenvalue weighted by Crippen LogP contribution is -1.98. The van der Waals surface area contributed by atoms with Crippen LogP contribution in [-0.2, 0) is 0 Å². The Morgan fingerprint density at radius 3 is 2.27 bits per heavy atom. The fraction of sp³-hybridized carbons (Fsp3) is 0. The van der Waals surface area contributed by atoms with Crippen LogP contribution in [-0.4, -0.2) is 15.8 Å². The Bertz CT molecular complexity index is 1550. The predicted octanol–water partition coefficient (Wildman–Crippen LogP) is 7.35. The van der Waals surface area contributed by atoms with Crippen LogP contribution >= 0.6 is 11.3 Å². The number of benzene rings is 4. The molecule has 4 aromatic carbocycles. The molecule has 0 unspecified atom stereocenters. The summed E-state index contributed by atoms with van der Waals surface area (Å²) in [6.45, 7) is 0. The Balaban J connectivity index is 1.51. The lowest BCUT2D eigenvalue weighted by atomic mass is 10.1. The number of aromatic nitrogens is 2. The van der Waals surface area contributed by atoms with Crippen LogP contribution in [0.3, 0.4) is 0 Å². The van der Waals surface area contributed by atoms with E-state index in [9.17, 15) is 0 Å². The van der Waals surface area contributed by atoms with Gasteiger partial charge in [-0.2, -0.15) is 5.10 Å². The van der Waals surface area contributed by atoms with E-state index in [1.54, 1.807) is 11.3 Å². The maximum Gasteiger partial charge on any atom is 0.204 e. The van der Waals surface area contributed by atoms with E-state index in [0.29, 0.717) is 0 Å². The summed E-state index contributed by atoms with van der Waals surface area (Å²) in [5.41, 5.74) is 9.69. The van der Waals surface area contributed by atoms with Crippen LogP contribution in [0.25, 0.3) is 38.1 Å². The molecule has 6 rings (SSSR count). The number of para-hydroxylation sites is 3. The third-order valence-electron chi connectivity index (χ3n) is 5.62. The van der Waals surface area contributed by atoms with Crippen molar-refractivity contribution in [1.82, 2.24) is 9.55 Å². The highest BCUT2D eigenvalue weighted by Gasteiger charge is 2.18. The summed E-state index contributed by atoms with van der Waals surface area (Å²) in [5, 5.41) is 6.54. The van der Waals surface area contributed by atoms with Crippen molar-refractivity contribution in [3.8, 4) is 16.9 Å². The molecule has 0 aliphatic carbocycles. The second-order valence-corrected chi connectivity index (χ2v) is 8.70. The van der Waals surface area contributed by atoms with Crippen LogP contribution in [0.4, 0.5) is 5.13 Å². The molecular weight excluding hydrogens is 424 g/mol. The lowest BCUT2D eigenvalue weighted by molar-refractivity contribution is 1.13. The summed E-state index contributed by atoms with van der Waals surface area (Å²) in [5.74, 6) is 0. The first-order chi connectivity index (χ1) is 16.4. The Morgan fingerprint density at radius 1 is 0.758 bits per heavy atom. The molecule has 6 aromatic rings. The molecule has 2 heterocycles. The van der Waals surface area contributed by atoms with Crippen LogP contribution in [0.15, 0.2) is 114 Å². The molecule has 0 spiro atoms. The normalized spacial score (nSPS) is 11.5. The Morgan fingerprint density at radius 2 is 1.45 bits per heavy atom. The summed E-state index contributed by atoms with van der Waals surface area (Å²) in [7, 11) is 0. The largest absolute Gasteiger partial charge is 0.309 e. The van der Waals surface area contributed by atoms with Gasteiger partial charge in [-0.3, -0.25) is 5.43 Å². The molecule has 158 valence electrons. The topological polar surface area (TPSA) is 42.2 Å². The van der Waals surface area contributed by atoms with E-state index < -0.39 is 0 Å². The zero-order valence-corrected chi connectivity index (χ0v) is 18.5. The molecule has 2 aromatic heterocycles. The van der Waals surface area contributed by atoms with Gasteiger partial charge in [-0.15, -0.1) is 0 Å². The minimum Gasteiger partial charge on any atom is -0.309 e. The molecule has 0 amide bonds. The minimum atomic E-state index is 0.778. The number of thiazole rings is 1. The quantitative estimate of drug-likeness (QED) is 0.223. The van der Waals surface area contributed by atoms with Gasteiger partial charge in [0, 0.05) is 16.6 Å². The maximum absolute atomic E-state index is 4.63. The highest BCUT2D eigenvalue weighted by molar-refractivity contribution is 7.22. The van der Waals surface area contributed by atoms with E-state index in [1.807, 2.05) is 36.5 Å². The number of nitrogens with one attached hydrogen (secondary N) is 1. The standard InChI is InChI=1S/C28H20N4S/c1-3-11-20(12-4-1)27-23(19-29-31-28-30-24-16-8-10-18-26(24)33-28)22-15-7-9-17-25(22)32(27)21-13-5-2-6-14-21/h1-19H,(H,30,31)/b29-19+. The average Bonchev–Trinajstić information content (AvgIpc) is 3.44. The van der Waals surface area contributed by atoms with Crippen LogP contribution in [0.1, 0.15) is 5.56 Å². The van der Waals surface area contributed by atoms with Crippen molar-refractivity contribution >= 4 is 43.8 Å². The van der Waals surface area contributed by atoms with Gasteiger partial charge in [0.25, 0.3) is 0 Å². The summed E-state index contributed by atoms with van der Waals surface area (Å²) in [6, 6.07) is 37.5. The predicted molar refractivity (Wildman–Crippen MR) is 140 cm³/mol. The Labute approximate surface area is 195 Å². The fourth-order valence-corrected chi connectivity index (χ4v) is 5.01. The third kappa shape index (κ3) is 3.58. The SMILES string of the molecule is C(=N\Nc1nc2ccccc2s1)/c1c(-c2ccccc2)n(-c2ccccc2)c2ccccc12. The van der Waals surface area contributed by atoms with Gasteiger partial charge in [-0.25, -0.2) is 4.98 Å². The van der Waals surface area contributed by atoms with E-state index in [-0.39, 0.29) is 0 Å². The van der Waals surface area contributed by atoms with Crippen LogP contribution in [0.2, 0.25) is 0 Å².